The Labute approximate surface area is 170 Å². The zero-order chi connectivity index (χ0) is 20.3. The van der Waals surface area contributed by atoms with Gasteiger partial charge in [-0.1, -0.05) is 6.07 Å². The largest absolute Gasteiger partial charge is 0.331 e. The van der Waals surface area contributed by atoms with Crippen LogP contribution in [-0.4, -0.2) is 56.9 Å². The molecule has 28 heavy (non-hydrogen) atoms. The van der Waals surface area contributed by atoms with E-state index < -0.39 is 10.0 Å². The van der Waals surface area contributed by atoms with Gasteiger partial charge in [0.15, 0.2) is 0 Å². The van der Waals surface area contributed by atoms with Crippen molar-refractivity contribution in [3.63, 3.8) is 0 Å². The molecule has 0 spiro atoms. The summed E-state index contributed by atoms with van der Waals surface area (Å²) in [5.74, 6) is 0. The highest BCUT2D eigenvalue weighted by Gasteiger charge is 2.27. The van der Waals surface area contributed by atoms with Crippen LogP contribution in [-0.2, 0) is 10.0 Å². The van der Waals surface area contributed by atoms with Crippen molar-refractivity contribution in [2.45, 2.75) is 24.8 Å². The van der Waals surface area contributed by atoms with Gasteiger partial charge in [-0.2, -0.15) is 4.31 Å². The lowest BCUT2D eigenvalue weighted by molar-refractivity contribution is 0.222. The molecule has 1 fully saturated rings. The van der Waals surface area contributed by atoms with E-state index in [2.05, 4.69) is 15.5 Å². The molecular weight excluding hydrogens is 396 g/mol. The molecule has 1 aromatic heterocycles. The van der Waals surface area contributed by atoms with Crippen LogP contribution in [0, 0.1) is 6.92 Å². The van der Waals surface area contributed by atoms with Crippen molar-refractivity contribution in [1.29, 1.82) is 0 Å². The topological polar surface area (TPSA) is 81.8 Å². The Bertz CT molecular complexity index is 934. The minimum Gasteiger partial charge on any atom is -0.331 e. The third kappa shape index (κ3) is 4.91. The van der Waals surface area contributed by atoms with Crippen LogP contribution in [0.15, 0.2) is 41.3 Å². The Kier molecular flexibility index (Phi) is 6.39. The molecule has 2 amide bonds. The number of carbonyl (C=O) groups excluding carboxylic acids is 1. The summed E-state index contributed by atoms with van der Waals surface area (Å²) in [6.07, 6.45) is 0. The molecular formula is C19H26N4O3S2. The molecule has 2 heterocycles. The molecule has 0 bridgehead atoms. The molecule has 1 atom stereocenters. The normalized spacial score (nSPS) is 17.2. The molecule has 3 rings (SSSR count). The number of thiophene rings is 1. The van der Waals surface area contributed by atoms with Crippen LogP contribution in [0.25, 0.3) is 0 Å². The Morgan fingerprint density at radius 1 is 1.14 bits per heavy atom. The number of aryl methyl sites for hydroxylation is 1. The van der Waals surface area contributed by atoms with Crippen LogP contribution in [0.3, 0.4) is 0 Å². The summed E-state index contributed by atoms with van der Waals surface area (Å²) in [6.45, 7) is 6.29. The standard InChI is InChI=1S/C19H26N4O3S2/c1-14-7-8-18(27-14)15(2)20-19(24)21-16-5-4-6-17(13-16)28(25,26)23-11-9-22(3)10-12-23/h4-8,13,15H,9-12H2,1-3H3,(H2,20,21,24). The van der Waals surface area contributed by atoms with Gasteiger partial charge in [0.2, 0.25) is 10.0 Å². The van der Waals surface area contributed by atoms with Gasteiger partial charge >= 0.3 is 6.03 Å². The minimum absolute atomic E-state index is 0.129. The number of benzene rings is 1. The number of hydrogen-bond donors (Lipinski definition) is 2. The number of sulfonamides is 1. The van der Waals surface area contributed by atoms with Gasteiger partial charge in [-0.25, -0.2) is 13.2 Å². The molecule has 152 valence electrons. The number of nitrogens with one attached hydrogen (secondary N) is 2. The molecule has 0 aliphatic carbocycles. The number of likely N-dealkylation sites (N-methyl/N-ethyl adjacent to an activating group) is 1. The van der Waals surface area contributed by atoms with E-state index in [4.69, 9.17) is 0 Å². The summed E-state index contributed by atoms with van der Waals surface area (Å²) >= 11 is 1.64. The van der Waals surface area contributed by atoms with Crippen LogP contribution in [0.5, 0.6) is 0 Å². The fraction of sp³-hybridized carbons (Fsp3) is 0.421. The molecule has 1 aliphatic rings. The Hall–Kier alpha value is -1.94. The van der Waals surface area contributed by atoms with E-state index in [1.807, 2.05) is 33.0 Å². The highest BCUT2D eigenvalue weighted by atomic mass is 32.2. The van der Waals surface area contributed by atoms with Crippen molar-refractivity contribution in [2.75, 3.05) is 38.5 Å². The molecule has 1 unspecified atom stereocenters. The zero-order valence-electron chi connectivity index (χ0n) is 16.3. The summed E-state index contributed by atoms with van der Waals surface area (Å²) in [6, 6.07) is 9.91. The van der Waals surface area contributed by atoms with E-state index in [0.29, 0.717) is 31.9 Å². The van der Waals surface area contributed by atoms with Gasteiger partial charge in [0, 0.05) is 41.6 Å². The highest BCUT2D eigenvalue weighted by Crippen LogP contribution is 2.23. The number of amides is 2. The minimum atomic E-state index is -3.57. The van der Waals surface area contributed by atoms with Gasteiger partial charge in [0.25, 0.3) is 0 Å². The monoisotopic (exact) mass is 422 g/mol. The molecule has 0 radical (unpaired) electrons. The third-order valence-corrected chi connectivity index (χ3v) is 7.81. The molecule has 7 nitrogen and oxygen atoms in total. The summed E-state index contributed by atoms with van der Waals surface area (Å²) < 4.78 is 27.2. The summed E-state index contributed by atoms with van der Waals surface area (Å²) in [4.78, 5) is 16.9. The van der Waals surface area contributed by atoms with Gasteiger partial charge in [0.1, 0.15) is 0 Å². The number of carbonyl (C=O) groups is 1. The maximum atomic E-state index is 12.9. The average molecular weight is 423 g/mol. The molecule has 2 aromatic rings. The summed E-state index contributed by atoms with van der Waals surface area (Å²) in [5.41, 5.74) is 0.447. The van der Waals surface area contributed by atoms with Crippen LogP contribution in [0.1, 0.15) is 22.7 Å². The van der Waals surface area contributed by atoms with Gasteiger partial charge in [0.05, 0.1) is 10.9 Å². The molecule has 9 heteroatoms. The SMILES string of the molecule is Cc1ccc(C(C)NC(=O)Nc2cccc(S(=O)(=O)N3CCN(C)CC3)c2)s1. The van der Waals surface area contributed by atoms with Crippen molar-refractivity contribution < 1.29 is 13.2 Å². The summed E-state index contributed by atoms with van der Waals surface area (Å²) in [5, 5.41) is 5.61. The first-order chi connectivity index (χ1) is 13.3. The van der Waals surface area contributed by atoms with E-state index >= 15 is 0 Å². The number of rotatable bonds is 5. The number of piperazine rings is 1. The number of nitrogens with zero attached hydrogens (tertiary/aromatic N) is 2. The molecule has 0 saturated carbocycles. The van der Waals surface area contributed by atoms with Crippen molar-refractivity contribution in [1.82, 2.24) is 14.5 Å². The molecule has 1 aromatic carbocycles. The Morgan fingerprint density at radius 3 is 2.50 bits per heavy atom. The van der Waals surface area contributed by atoms with Crippen LogP contribution < -0.4 is 10.6 Å². The van der Waals surface area contributed by atoms with Crippen LogP contribution in [0.4, 0.5) is 10.5 Å². The first-order valence-corrected chi connectivity index (χ1v) is 11.4. The van der Waals surface area contributed by atoms with Crippen LogP contribution in [0.2, 0.25) is 0 Å². The number of urea groups is 1. The lowest BCUT2D eigenvalue weighted by atomic mass is 10.3. The van der Waals surface area contributed by atoms with Crippen molar-refractivity contribution in [3.05, 3.63) is 46.2 Å². The maximum Gasteiger partial charge on any atom is 0.319 e. The van der Waals surface area contributed by atoms with Crippen molar-refractivity contribution in [2.24, 2.45) is 0 Å². The zero-order valence-corrected chi connectivity index (χ0v) is 17.9. The third-order valence-electron chi connectivity index (χ3n) is 4.73. The second kappa shape index (κ2) is 8.60. The average Bonchev–Trinajstić information content (AvgIpc) is 3.09. The van der Waals surface area contributed by atoms with Gasteiger partial charge in [-0.3, -0.25) is 0 Å². The predicted molar refractivity (Wildman–Crippen MR) is 112 cm³/mol. The first kappa shape index (κ1) is 20.8. The highest BCUT2D eigenvalue weighted by molar-refractivity contribution is 7.89. The van der Waals surface area contributed by atoms with E-state index in [0.717, 1.165) is 4.88 Å². The lowest BCUT2D eigenvalue weighted by Crippen LogP contribution is -2.47. The Morgan fingerprint density at radius 2 is 1.86 bits per heavy atom. The number of hydrogen-bond acceptors (Lipinski definition) is 5. The fourth-order valence-electron chi connectivity index (χ4n) is 3.03. The van der Waals surface area contributed by atoms with E-state index in [1.165, 1.54) is 15.2 Å². The molecule has 2 N–H and O–H groups in total. The van der Waals surface area contributed by atoms with Crippen molar-refractivity contribution >= 4 is 33.1 Å². The quantitative estimate of drug-likeness (QED) is 0.776. The summed E-state index contributed by atoms with van der Waals surface area (Å²) in [7, 11) is -1.59. The first-order valence-electron chi connectivity index (χ1n) is 9.18. The van der Waals surface area contributed by atoms with E-state index in [9.17, 15) is 13.2 Å². The fourth-order valence-corrected chi connectivity index (χ4v) is 5.38. The second-order valence-electron chi connectivity index (χ2n) is 7.00. The Balaban J connectivity index is 1.66. The molecule has 1 aliphatic heterocycles. The molecule has 1 saturated heterocycles. The van der Waals surface area contributed by atoms with E-state index in [-0.39, 0.29) is 17.0 Å². The maximum absolute atomic E-state index is 12.9. The van der Waals surface area contributed by atoms with Crippen molar-refractivity contribution in [3.8, 4) is 0 Å². The van der Waals surface area contributed by atoms with Gasteiger partial charge in [-0.05, 0) is 51.2 Å². The number of anilines is 1. The predicted octanol–water partition coefficient (Wildman–Crippen LogP) is 2.88. The van der Waals surface area contributed by atoms with E-state index in [1.54, 1.807) is 29.5 Å². The smallest absolute Gasteiger partial charge is 0.319 e. The van der Waals surface area contributed by atoms with Crippen LogP contribution >= 0.6 is 11.3 Å². The lowest BCUT2D eigenvalue weighted by Gasteiger charge is -2.31. The van der Waals surface area contributed by atoms with Gasteiger partial charge in [-0.15, -0.1) is 11.3 Å². The second-order valence-corrected chi connectivity index (χ2v) is 10.3. The van der Waals surface area contributed by atoms with Gasteiger partial charge < -0.3 is 15.5 Å².